The number of amides is 2. The third-order valence-corrected chi connectivity index (χ3v) is 4.55. The molecule has 0 bridgehead atoms. The fourth-order valence-electron chi connectivity index (χ4n) is 2.87. The van der Waals surface area contributed by atoms with Crippen LogP contribution in [0.4, 0.5) is 5.69 Å². The largest absolute Gasteiger partial charge is 0.345 e. The van der Waals surface area contributed by atoms with Crippen LogP contribution in [0.3, 0.4) is 0 Å². The normalized spacial score (nSPS) is 10.6. The van der Waals surface area contributed by atoms with Crippen LogP contribution in [0, 0.1) is 13.8 Å². The summed E-state index contributed by atoms with van der Waals surface area (Å²) in [5.74, 6) is -0.209. The van der Waals surface area contributed by atoms with E-state index in [9.17, 15) is 9.59 Å². The minimum absolute atomic E-state index is 0.114. The Kier molecular flexibility index (Phi) is 6.33. The Bertz CT molecular complexity index is 990. The van der Waals surface area contributed by atoms with Gasteiger partial charge in [-0.25, -0.2) is 0 Å². The summed E-state index contributed by atoms with van der Waals surface area (Å²) in [5, 5.41) is 17.5. The van der Waals surface area contributed by atoms with Gasteiger partial charge in [0.1, 0.15) is 6.54 Å². The van der Waals surface area contributed by atoms with Crippen LogP contribution in [0.5, 0.6) is 0 Å². The van der Waals surface area contributed by atoms with Crippen LogP contribution in [0.2, 0.25) is 0 Å². The molecule has 1 heterocycles. The van der Waals surface area contributed by atoms with Gasteiger partial charge in [-0.3, -0.25) is 9.59 Å². The number of aryl methyl sites for hydroxylation is 3. The van der Waals surface area contributed by atoms with E-state index in [1.165, 1.54) is 10.4 Å². The Balaban J connectivity index is 1.52. The Labute approximate surface area is 169 Å². The van der Waals surface area contributed by atoms with Crippen molar-refractivity contribution in [3.05, 3.63) is 59.2 Å². The Hall–Kier alpha value is -3.55. The van der Waals surface area contributed by atoms with Crippen molar-refractivity contribution in [2.45, 2.75) is 33.7 Å². The van der Waals surface area contributed by atoms with Crippen LogP contribution in [-0.4, -0.2) is 38.6 Å². The van der Waals surface area contributed by atoms with Gasteiger partial charge in [0.05, 0.1) is 6.54 Å². The lowest BCUT2D eigenvalue weighted by Crippen LogP contribution is -2.35. The molecule has 29 heavy (non-hydrogen) atoms. The van der Waals surface area contributed by atoms with E-state index < -0.39 is 0 Å². The third kappa shape index (κ3) is 5.25. The molecular weight excluding hydrogens is 368 g/mol. The zero-order valence-electron chi connectivity index (χ0n) is 16.8. The number of carbonyl (C=O) groups excluding carboxylic acids is 2. The van der Waals surface area contributed by atoms with E-state index in [0.717, 1.165) is 28.8 Å². The first-order chi connectivity index (χ1) is 14.0. The van der Waals surface area contributed by atoms with E-state index >= 15 is 0 Å². The number of aromatic nitrogens is 4. The number of benzene rings is 2. The molecule has 0 fully saturated rings. The summed E-state index contributed by atoms with van der Waals surface area (Å²) in [5.41, 5.74) is 4.76. The maximum Gasteiger partial charge on any atom is 0.244 e. The third-order valence-electron chi connectivity index (χ3n) is 4.55. The molecule has 0 radical (unpaired) electrons. The summed E-state index contributed by atoms with van der Waals surface area (Å²) in [4.78, 5) is 25.5. The first-order valence-corrected chi connectivity index (χ1v) is 9.46. The molecule has 8 heteroatoms. The summed E-state index contributed by atoms with van der Waals surface area (Å²) in [6, 6.07) is 13.7. The molecule has 0 saturated carbocycles. The molecule has 0 aliphatic carbocycles. The standard InChI is InChI=1S/C21H24N6O2/c1-4-16-8-10-17(11-9-16)21-24-26-27(25-21)13-19(29)22-12-18(28)23-20-14(2)6-5-7-15(20)3/h5-11H,4,12-13H2,1-3H3,(H,22,29)(H,23,28). The maximum atomic E-state index is 12.1. The van der Waals surface area contributed by atoms with Crippen molar-refractivity contribution < 1.29 is 9.59 Å². The Morgan fingerprint density at radius 2 is 1.69 bits per heavy atom. The fourth-order valence-corrected chi connectivity index (χ4v) is 2.87. The Morgan fingerprint density at radius 1 is 1.00 bits per heavy atom. The summed E-state index contributed by atoms with van der Waals surface area (Å²) >= 11 is 0. The second kappa shape index (κ2) is 9.09. The molecule has 2 amide bonds. The number of rotatable bonds is 7. The monoisotopic (exact) mass is 392 g/mol. The molecule has 0 atom stereocenters. The minimum atomic E-state index is -0.369. The number of tetrazole rings is 1. The predicted molar refractivity (Wildman–Crippen MR) is 110 cm³/mol. The van der Waals surface area contributed by atoms with E-state index in [-0.39, 0.29) is 24.9 Å². The van der Waals surface area contributed by atoms with Crippen LogP contribution in [0.25, 0.3) is 11.4 Å². The van der Waals surface area contributed by atoms with Gasteiger partial charge in [0.25, 0.3) is 0 Å². The highest BCUT2D eigenvalue weighted by Gasteiger charge is 2.12. The van der Waals surface area contributed by atoms with Crippen LogP contribution < -0.4 is 10.6 Å². The van der Waals surface area contributed by atoms with Crippen LogP contribution in [-0.2, 0) is 22.6 Å². The zero-order chi connectivity index (χ0) is 20.8. The molecule has 0 unspecified atom stereocenters. The molecular formula is C21H24N6O2. The average Bonchev–Trinajstić information content (AvgIpc) is 3.18. The van der Waals surface area contributed by atoms with Gasteiger partial charge in [0.15, 0.2) is 0 Å². The molecule has 150 valence electrons. The molecule has 1 aromatic heterocycles. The van der Waals surface area contributed by atoms with E-state index in [1.54, 1.807) is 0 Å². The number of hydrogen-bond acceptors (Lipinski definition) is 5. The number of para-hydroxylation sites is 1. The van der Waals surface area contributed by atoms with Crippen LogP contribution in [0.1, 0.15) is 23.6 Å². The first kappa shape index (κ1) is 20.2. The number of nitrogens with zero attached hydrogens (tertiary/aromatic N) is 4. The summed E-state index contributed by atoms with van der Waals surface area (Å²) in [6.45, 7) is 5.68. The van der Waals surface area contributed by atoms with E-state index in [4.69, 9.17) is 0 Å². The van der Waals surface area contributed by atoms with Crippen molar-refractivity contribution in [2.24, 2.45) is 0 Å². The van der Waals surface area contributed by atoms with Crippen molar-refractivity contribution in [1.82, 2.24) is 25.5 Å². The van der Waals surface area contributed by atoms with Crippen molar-refractivity contribution in [3.8, 4) is 11.4 Å². The second-order valence-electron chi connectivity index (χ2n) is 6.79. The SMILES string of the molecule is CCc1ccc(-c2nnn(CC(=O)NCC(=O)Nc3c(C)cccc3C)n2)cc1. The molecule has 0 aliphatic heterocycles. The topological polar surface area (TPSA) is 102 Å². The number of hydrogen-bond donors (Lipinski definition) is 2. The van der Waals surface area contributed by atoms with Gasteiger partial charge in [0, 0.05) is 11.3 Å². The predicted octanol–water partition coefficient (Wildman–Crippen LogP) is 2.27. The summed E-state index contributed by atoms with van der Waals surface area (Å²) < 4.78 is 0. The summed E-state index contributed by atoms with van der Waals surface area (Å²) in [6.07, 6.45) is 0.956. The molecule has 3 aromatic rings. The average molecular weight is 392 g/mol. The lowest BCUT2D eigenvalue weighted by atomic mass is 10.1. The quantitative estimate of drug-likeness (QED) is 0.642. The highest BCUT2D eigenvalue weighted by atomic mass is 16.2. The molecule has 2 aromatic carbocycles. The van der Waals surface area contributed by atoms with Gasteiger partial charge in [-0.2, -0.15) is 4.80 Å². The fraction of sp³-hybridized carbons (Fsp3) is 0.286. The summed E-state index contributed by atoms with van der Waals surface area (Å²) in [7, 11) is 0. The van der Waals surface area contributed by atoms with Gasteiger partial charge in [-0.15, -0.1) is 10.2 Å². The highest BCUT2D eigenvalue weighted by molar-refractivity contribution is 5.95. The molecule has 2 N–H and O–H groups in total. The lowest BCUT2D eigenvalue weighted by molar-refractivity contribution is -0.124. The molecule has 8 nitrogen and oxygen atoms in total. The number of carbonyl (C=O) groups is 2. The van der Waals surface area contributed by atoms with Crippen molar-refractivity contribution in [2.75, 3.05) is 11.9 Å². The van der Waals surface area contributed by atoms with Crippen LogP contribution >= 0.6 is 0 Å². The first-order valence-electron chi connectivity index (χ1n) is 9.46. The van der Waals surface area contributed by atoms with E-state index in [0.29, 0.717) is 5.82 Å². The van der Waals surface area contributed by atoms with Crippen molar-refractivity contribution in [1.29, 1.82) is 0 Å². The highest BCUT2D eigenvalue weighted by Crippen LogP contribution is 2.19. The minimum Gasteiger partial charge on any atom is -0.345 e. The molecule has 0 spiro atoms. The van der Waals surface area contributed by atoms with Gasteiger partial charge < -0.3 is 10.6 Å². The van der Waals surface area contributed by atoms with Crippen molar-refractivity contribution >= 4 is 17.5 Å². The van der Waals surface area contributed by atoms with Crippen molar-refractivity contribution in [3.63, 3.8) is 0 Å². The van der Waals surface area contributed by atoms with Crippen LogP contribution in [0.15, 0.2) is 42.5 Å². The lowest BCUT2D eigenvalue weighted by Gasteiger charge is -2.11. The smallest absolute Gasteiger partial charge is 0.244 e. The van der Waals surface area contributed by atoms with Gasteiger partial charge in [-0.05, 0) is 42.2 Å². The van der Waals surface area contributed by atoms with Gasteiger partial charge in [-0.1, -0.05) is 49.4 Å². The second-order valence-corrected chi connectivity index (χ2v) is 6.79. The van der Waals surface area contributed by atoms with Gasteiger partial charge >= 0.3 is 0 Å². The number of anilines is 1. The molecule has 0 saturated heterocycles. The number of nitrogens with one attached hydrogen (secondary N) is 2. The van der Waals surface area contributed by atoms with Gasteiger partial charge in [0.2, 0.25) is 17.6 Å². The Morgan fingerprint density at radius 3 is 2.34 bits per heavy atom. The zero-order valence-corrected chi connectivity index (χ0v) is 16.8. The van der Waals surface area contributed by atoms with E-state index in [2.05, 4.69) is 33.0 Å². The van der Waals surface area contributed by atoms with E-state index in [1.807, 2.05) is 56.3 Å². The maximum absolute atomic E-state index is 12.1. The molecule has 0 aliphatic rings. The molecule has 3 rings (SSSR count).